The van der Waals surface area contributed by atoms with E-state index in [1.54, 1.807) is 0 Å². The predicted octanol–water partition coefficient (Wildman–Crippen LogP) is 1.36. The van der Waals surface area contributed by atoms with Crippen molar-refractivity contribution < 1.29 is 4.79 Å². The van der Waals surface area contributed by atoms with E-state index in [4.69, 9.17) is 0 Å². The zero-order valence-electron chi connectivity index (χ0n) is 12.2. The largest absolute Gasteiger partial charge is 0.340 e. The Kier molecular flexibility index (Phi) is 6.99. The van der Waals surface area contributed by atoms with Crippen LogP contribution in [-0.2, 0) is 11.3 Å². The zero-order chi connectivity index (χ0) is 13.7. The van der Waals surface area contributed by atoms with Crippen LogP contribution in [0.4, 0.5) is 0 Å². The second-order valence-electron chi connectivity index (χ2n) is 5.24. The van der Waals surface area contributed by atoms with Crippen molar-refractivity contribution in [3.8, 4) is 0 Å². The van der Waals surface area contributed by atoms with Crippen molar-refractivity contribution in [1.82, 2.24) is 15.1 Å². The molecular weight excluding hydrogens is 274 g/mol. The molecule has 0 aliphatic carbocycles. The quantitative estimate of drug-likeness (QED) is 0.891. The smallest absolute Gasteiger partial charge is 0.236 e. The van der Waals surface area contributed by atoms with E-state index < -0.39 is 0 Å². The summed E-state index contributed by atoms with van der Waals surface area (Å²) >= 11 is 0. The van der Waals surface area contributed by atoms with Crippen molar-refractivity contribution >= 4 is 18.3 Å². The number of hydrogen-bond donors (Lipinski definition) is 1. The minimum atomic E-state index is 0. The molecule has 1 heterocycles. The van der Waals surface area contributed by atoms with Gasteiger partial charge >= 0.3 is 0 Å². The van der Waals surface area contributed by atoms with Crippen LogP contribution in [0.2, 0.25) is 0 Å². The maximum absolute atomic E-state index is 12.2. The fraction of sp³-hybridized carbons (Fsp3) is 0.533. The molecule has 1 N–H and O–H groups in total. The van der Waals surface area contributed by atoms with Crippen LogP contribution in [0.3, 0.4) is 0 Å². The van der Waals surface area contributed by atoms with Crippen LogP contribution in [-0.4, -0.2) is 55.5 Å². The van der Waals surface area contributed by atoms with Gasteiger partial charge < -0.3 is 10.2 Å². The predicted molar refractivity (Wildman–Crippen MR) is 84.1 cm³/mol. The third kappa shape index (κ3) is 4.78. The first-order valence-electron chi connectivity index (χ1n) is 6.86. The van der Waals surface area contributed by atoms with Crippen LogP contribution >= 0.6 is 12.4 Å². The molecule has 0 bridgehead atoms. The van der Waals surface area contributed by atoms with Crippen LogP contribution in [0.25, 0.3) is 0 Å². The van der Waals surface area contributed by atoms with Crippen molar-refractivity contribution in [2.45, 2.75) is 19.0 Å². The second kappa shape index (κ2) is 8.25. The van der Waals surface area contributed by atoms with Gasteiger partial charge in [-0.15, -0.1) is 12.4 Å². The van der Waals surface area contributed by atoms with Gasteiger partial charge in [0.05, 0.1) is 6.54 Å². The van der Waals surface area contributed by atoms with Crippen molar-refractivity contribution in [1.29, 1.82) is 0 Å². The molecule has 0 aromatic heterocycles. The first kappa shape index (κ1) is 17.0. The molecule has 2 rings (SSSR count). The number of likely N-dealkylation sites (tertiary alicyclic amines) is 1. The lowest BCUT2D eigenvalue weighted by molar-refractivity contribution is -0.131. The molecule has 1 aliphatic heterocycles. The van der Waals surface area contributed by atoms with E-state index in [1.165, 1.54) is 5.56 Å². The second-order valence-corrected chi connectivity index (χ2v) is 5.24. The Balaban J connectivity index is 0.00000200. The molecule has 1 aromatic rings. The lowest BCUT2D eigenvalue weighted by atomic mass is 10.2. The van der Waals surface area contributed by atoms with Gasteiger partial charge in [0.25, 0.3) is 0 Å². The highest BCUT2D eigenvalue weighted by molar-refractivity contribution is 5.85. The normalized spacial score (nSPS) is 18.6. The highest BCUT2D eigenvalue weighted by Crippen LogP contribution is 2.09. The van der Waals surface area contributed by atoms with E-state index in [-0.39, 0.29) is 18.3 Å². The maximum Gasteiger partial charge on any atom is 0.236 e. The highest BCUT2D eigenvalue weighted by Gasteiger charge is 2.23. The molecule has 0 saturated carbocycles. The molecule has 1 aromatic carbocycles. The van der Waals surface area contributed by atoms with E-state index in [0.29, 0.717) is 19.1 Å². The molecule has 1 atom stereocenters. The van der Waals surface area contributed by atoms with Gasteiger partial charge in [0.15, 0.2) is 0 Å². The summed E-state index contributed by atoms with van der Waals surface area (Å²) in [7, 11) is 3.86. The van der Waals surface area contributed by atoms with Crippen LogP contribution in [0, 0.1) is 0 Å². The van der Waals surface area contributed by atoms with Crippen LogP contribution < -0.4 is 5.32 Å². The lowest BCUT2D eigenvalue weighted by Crippen LogP contribution is -2.38. The molecule has 5 heteroatoms. The Bertz CT molecular complexity index is 413. The molecule has 1 unspecified atom stereocenters. The van der Waals surface area contributed by atoms with Crippen LogP contribution in [0.5, 0.6) is 0 Å². The summed E-state index contributed by atoms with van der Waals surface area (Å²) in [6.07, 6.45) is 1.13. The number of rotatable bonds is 5. The van der Waals surface area contributed by atoms with Crippen molar-refractivity contribution in [3.05, 3.63) is 35.9 Å². The number of amides is 1. The third-order valence-electron chi connectivity index (χ3n) is 3.73. The topological polar surface area (TPSA) is 35.6 Å². The summed E-state index contributed by atoms with van der Waals surface area (Å²) in [6, 6.07) is 10.6. The monoisotopic (exact) mass is 297 g/mol. The Morgan fingerprint density at radius 2 is 2.10 bits per heavy atom. The first-order valence-corrected chi connectivity index (χ1v) is 6.86. The number of halogens is 1. The Morgan fingerprint density at radius 1 is 1.40 bits per heavy atom. The number of carbonyl (C=O) groups is 1. The number of nitrogens with zero attached hydrogens (tertiary/aromatic N) is 2. The number of likely N-dealkylation sites (N-methyl/N-ethyl adjacent to an activating group) is 2. The number of benzene rings is 1. The first-order chi connectivity index (χ1) is 9.19. The molecular formula is C15H24ClN3O. The van der Waals surface area contributed by atoms with Gasteiger partial charge in [0.2, 0.25) is 5.91 Å². The minimum absolute atomic E-state index is 0. The summed E-state index contributed by atoms with van der Waals surface area (Å²) in [6.45, 7) is 3.20. The average molecular weight is 298 g/mol. The van der Waals surface area contributed by atoms with Crippen molar-refractivity contribution in [2.24, 2.45) is 0 Å². The van der Waals surface area contributed by atoms with Gasteiger partial charge in [0.1, 0.15) is 0 Å². The van der Waals surface area contributed by atoms with Gasteiger partial charge in [-0.25, -0.2) is 0 Å². The lowest BCUT2D eigenvalue weighted by Gasteiger charge is -2.21. The van der Waals surface area contributed by atoms with E-state index in [9.17, 15) is 4.79 Å². The van der Waals surface area contributed by atoms with Crippen LogP contribution in [0.15, 0.2) is 30.3 Å². The number of nitrogens with one attached hydrogen (secondary N) is 1. The molecule has 1 amide bonds. The standard InChI is InChI=1S/C15H23N3O.ClH/c1-16-14-8-9-18(11-14)12-15(19)17(2)10-13-6-4-3-5-7-13;/h3-7,14,16H,8-12H2,1-2H3;1H. The Morgan fingerprint density at radius 3 is 2.70 bits per heavy atom. The average Bonchev–Trinajstić information content (AvgIpc) is 2.87. The molecule has 1 saturated heterocycles. The summed E-state index contributed by atoms with van der Waals surface area (Å²) in [4.78, 5) is 16.2. The SMILES string of the molecule is CNC1CCN(CC(=O)N(C)Cc2ccccc2)C1.Cl. The molecule has 0 radical (unpaired) electrons. The molecule has 4 nitrogen and oxygen atoms in total. The fourth-order valence-corrected chi connectivity index (χ4v) is 2.47. The van der Waals surface area contributed by atoms with Gasteiger partial charge in [-0.1, -0.05) is 30.3 Å². The summed E-state index contributed by atoms with van der Waals surface area (Å²) in [5.41, 5.74) is 1.17. The number of hydrogen-bond acceptors (Lipinski definition) is 3. The Labute approximate surface area is 127 Å². The molecule has 112 valence electrons. The summed E-state index contributed by atoms with van der Waals surface area (Å²) in [5, 5.41) is 3.27. The van der Waals surface area contributed by atoms with Gasteiger partial charge in [-0.05, 0) is 19.0 Å². The third-order valence-corrected chi connectivity index (χ3v) is 3.73. The minimum Gasteiger partial charge on any atom is -0.340 e. The van der Waals surface area contributed by atoms with Crippen molar-refractivity contribution in [3.63, 3.8) is 0 Å². The van der Waals surface area contributed by atoms with Crippen LogP contribution in [0.1, 0.15) is 12.0 Å². The fourth-order valence-electron chi connectivity index (χ4n) is 2.47. The number of carbonyl (C=O) groups excluding carboxylic acids is 1. The van der Waals surface area contributed by atoms with Crippen molar-refractivity contribution in [2.75, 3.05) is 33.7 Å². The zero-order valence-corrected chi connectivity index (χ0v) is 13.0. The summed E-state index contributed by atoms with van der Waals surface area (Å²) < 4.78 is 0. The molecule has 0 spiro atoms. The molecule has 20 heavy (non-hydrogen) atoms. The van der Waals surface area contributed by atoms with E-state index >= 15 is 0 Å². The van der Waals surface area contributed by atoms with Gasteiger partial charge in [-0.2, -0.15) is 0 Å². The maximum atomic E-state index is 12.2. The van der Waals surface area contributed by atoms with E-state index in [2.05, 4.69) is 22.3 Å². The van der Waals surface area contributed by atoms with E-state index in [1.807, 2.05) is 37.2 Å². The summed E-state index contributed by atoms with van der Waals surface area (Å²) in [5.74, 6) is 0.195. The van der Waals surface area contributed by atoms with Gasteiger partial charge in [0, 0.05) is 32.7 Å². The Hall–Kier alpha value is -1.10. The van der Waals surface area contributed by atoms with Gasteiger partial charge in [-0.3, -0.25) is 9.69 Å². The van der Waals surface area contributed by atoms with E-state index in [0.717, 1.165) is 19.5 Å². The molecule has 1 fully saturated rings. The highest BCUT2D eigenvalue weighted by atomic mass is 35.5. The molecule has 1 aliphatic rings.